The maximum atomic E-state index is 3.57. The third-order valence-electron chi connectivity index (χ3n) is 4.17. The van der Waals surface area contributed by atoms with Crippen LogP contribution in [0.1, 0.15) is 66.2 Å². The summed E-state index contributed by atoms with van der Waals surface area (Å²) in [6, 6.07) is 0.635. The summed E-state index contributed by atoms with van der Waals surface area (Å²) >= 11 is 0. The molecule has 0 heterocycles. The van der Waals surface area contributed by atoms with Crippen LogP contribution in [0.4, 0.5) is 0 Å². The van der Waals surface area contributed by atoms with Crippen molar-refractivity contribution in [2.75, 3.05) is 6.54 Å². The molecule has 3 atom stereocenters. The van der Waals surface area contributed by atoms with E-state index in [0.717, 1.165) is 17.8 Å². The molecule has 0 aliphatic heterocycles. The molecule has 1 nitrogen and oxygen atoms in total. The van der Waals surface area contributed by atoms with Gasteiger partial charge in [-0.25, -0.2) is 0 Å². The Morgan fingerprint density at radius 1 is 1.06 bits per heavy atom. The highest BCUT2D eigenvalue weighted by Crippen LogP contribution is 2.36. The van der Waals surface area contributed by atoms with Crippen LogP contribution in [0, 0.1) is 17.8 Å². The van der Waals surface area contributed by atoms with Gasteiger partial charge in [-0.05, 0) is 30.7 Å². The number of nitrogens with one attached hydrogen (secondary N) is 1. The van der Waals surface area contributed by atoms with Crippen LogP contribution >= 0.6 is 0 Å². The SMILES string of the molecule is CCC1CCCCC1CC(C)CNC(C)C. The van der Waals surface area contributed by atoms with Crippen molar-refractivity contribution in [2.24, 2.45) is 17.8 Å². The summed E-state index contributed by atoms with van der Waals surface area (Å²) in [5.41, 5.74) is 0. The van der Waals surface area contributed by atoms with E-state index >= 15 is 0 Å². The first kappa shape index (κ1) is 14.0. The van der Waals surface area contributed by atoms with Gasteiger partial charge in [0.25, 0.3) is 0 Å². The van der Waals surface area contributed by atoms with E-state index in [0.29, 0.717) is 6.04 Å². The second-order valence-corrected chi connectivity index (χ2v) is 6.12. The van der Waals surface area contributed by atoms with Crippen LogP contribution in [0.2, 0.25) is 0 Å². The van der Waals surface area contributed by atoms with E-state index in [-0.39, 0.29) is 0 Å². The lowest BCUT2D eigenvalue weighted by Crippen LogP contribution is -2.30. The van der Waals surface area contributed by atoms with Gasteiger partial charge in [0.05, 0.1) is 0 Å². The van der Waals surface area contributed by atoms with Crippen LogP contribution in [0.25, 0.3) is 0 Å². The largest absolute Gasteiger partial charge is 0.314 e. The van der Waals surface area contributed by atoms with Crippen LogP contribution in [0.5, 0.6) is 0 Å². The van der Waals surface area contributed by atoms with Gasteiger partial charge in [0.2, 0.25) is 0 Å². The van der Waals surface area contributed by atoms with Crippen molar-refractivity contribution in [3.63, 3.8) is 0 Å². The summed E-state index contributed by atoms with van der Waals surface area (Å²) < 4.78 is 0. The van der Waals surface area contributed by atoms with E-state index in [1.54, 1.807) is 0 Å². The second kappa shape index (κ2) is 7.32. The quantitative estimate of drug-likeness (QED) is 0.713. The van der Waals surface area contributed by atoms with Crippen molar-refractivity contribution >= 4 is 0 Å². The van der Waals surface area contributed by atoms with E-state index in [9.17, 15) is 0 Å². The normalized spacial score (nSPS) is 28.3. The topological polar surface area (TPSA) is 12.0 Å². The minimum atomic E-state index is 0.635. The Hall–Kier alpha value is -0.0400. The average molecular weight is 225 g/mol. The maximum Gasteiger partial charge on any atom is 0.00104 e. The highest BCUT2D eigenvalue weighted by molar-refractivity contribution is 4.77. The first-order valence-electron chi connectivity index (χ1n) is 7.36. The van der Waals surface area contributed by atoms with Crippen LogP contribution in [-0.2, 0) is 0 Å². The van der Waals surface area contributed by atoms with Gasteiger partial charge in [0.1, 0.15) is 0 Å². The van der Waals surface area contributed by atoms with Gasteiger partial charge in [-0.1, -0.05) is 59.8 Å². The number of hydrogen-bond donors (Lipinski definition) is 1. The van der Waals surface area contributed by atoms with E-state index in [1.807, 2.05) is 0 Å². The lowest BCUT2D eigenvalue weighted by atomic mass is 9.74. The van der Waals surface area contributed by atoms with E-state index < -0.39 is 0 Å². The molecule has 3 unspecified atom stereocenters. The number of hydrogen-bond acceptors (Lipinski definition) is 1. The van der Waals surface area contributed by atoms with Crippen molar-refractivity contribution < 1.29 is 0 Å². The van der Waals surface area contributed by atoms with Crippen LogP contribution in [0.3, 0.4) is 0 Å². The molecule has 1 fully saturated rings. The molecule has 0 radical (unpaired) electrons. The first-order valence-corrected chi connectivity index (χ1v) is 7.36. The molecule has 1 aliphatic rings. The zero-order chi connectivity index (χ0) is 12.0. The smallest absolute Gasteiger partial charge is 0.00104 e. The van der Waals surface area contributed by atoms with Gasteiger partial charge in [-0.15, -0.1) is 0 Å². The van der Waals surface area contributed by atoms with E-state index in [4.69, 9.17) is 0 Å². The minimum absolute atomic E-state index is 0.635. The zero-order valence-electron chi connectivity index (χ0n) is 11.8. The Balaban J connectivity index is 2.27. The molecule has 0 bridgehead atoms. The zero-order valence-corrected chi connectivity index (χ0v) is 11.8. The third kappa shape index (κ3) is 4.86. The summed E-state index contributed by atoms with van der Waals surface area (Å²) in [5, 5.41) is 3.57. The van der Waals surface area contributed by atoms with Gasteiger partial charge in [-0.2, -0.15) is 0 Å². The molecule has 1 aliphatic carbocycles. The van der Waals surface area contributed by atoms with Crippen molar-refractivity contribution in [3.05, 3.63) is 0 Å². The lowest BCUT2D eigenvalue weighted by molar-refractivity contribution is 0.192. The molecular formula is C15H31N. The molecule has 1 heteroatoms. The van der Waals surface area contributed by atoms with Crippen LogP contribution < -0.4 is 5.32 Å². The summed E-state index contributed by atoms with van der Waals surface area (Å²) in [4.78, 5) is 0. The van der Waals surface area contributed by atoms with Gasteiger partial charge in [-0.3, -0.25) is 0 Å². The fraction of sp³-hybridized carbons (Fsp3) is 1.00. The Morgan fingerprint density at radius 2 is 1.69 bits per heavy atom. The van der Waals surface area contributed by atoms with Gasteiger partial charge in [0.15, 0.2) is 0 Å². The Bertz CT molecular complexity index is 176. The molecule has 1 rings (SSSR count). The predicted molar refractivity (Wildman–Crippen MR) is 72.7 cm³/mol. The van der Waals surface area contributed by atoms with Gasteiger partial charge < -0.3 is 5.32 Å². The molecule has 0 aromatic rings. The summed E-state index contributed by atoms with van der Waals surface area (Å²) in [6.45, 7) is 10.5. The Morgan fingerprint density at radius 3 is 2.25 bits per heavy atom. The first-order chi connectivity index (χ1) is 7.63. The molecule has 16 heavy (non-hydrogen) atoms. The van der Waals surface area contributed by atoms with E-state index in [1.165, 1.54) is 45.1 Å². The number of rotatable bonds is 6. The standard InChI is InChI=1S/C15H31N/c1-5-14-8-6-7-9-15(14)10-13(4)11-16-12(2)3/h12-16H,5-11H2,1-4H3. The van der Waals surface area contributed by atoms with Gasteiger partial charge in [0, 0.05) is 6.04 Å². The Labute approximate surface area is 102 Å². The predicted octanol–water partition coefficient (Wildman–Crippen LogP) is 4.23. The summed E-state index contributed by atoms with van der Waals surface area (Å²) in [5.74, 6) is 2.89. The molecule has 0 spiro atoms. The van der Waals surface area contributed by atoms with Crippen molar-refractivity contribution in [2.45, 2.75) is 72.3 Å². The fourth-order valence-corrected chi connectivity index (χ4v) is 3.17. The highest BCUT2D eigenvalue weighted by Gasteiger charge is 2.24. The molecular weight excluding hydrogens is 194 g/mol. The third-order valence-corrected chi connectivity index (χ3v) is 4.17. The molecule has 1 N–H and O–H groups in total. The van der Waals surface area contributed by atoms with Crippen LogP contribution in [0.15, 0.2) is 0 Å². The highest BCUT2D eigenvalue weighted by atomic mass is 14.9. The van der Waals surface area contributed by atoms with Crippen molar-refractivity contribution in [1.82, 2.24) is 5.32 Å². The van der Waals surface area contributed by atoms with Crippen molar-refractivity contribution in [1.29, 1.82) is 0 Å². The molecule has 0 aromatic heterocycles. The second-order valence-electron chi connectivity index (χ2n) is 6.12. The summed E-state index contributed by atoms with van der Waals surface area (Å²) in [7, 11) is 0. The van der Waals surface area contributed by atoms with E-state index in [2.05, 4.69) is 33.0 Å². The van der Waals surface area contributed by atoms with Crippen LogP contribution in [-0.4, -0.2) is 12.6 Å². The molecule has 0 amide bonds. The molecule has 1 saturated carbocycles. The molecule has 0 saturated heterocycles. The maximum absolute atomic E-state index is 3.57. The lowest BCUT2D eigenvalue weighted by Gasteiger charge is -2.33. The summed E-state index contributed by atoms with van der Waals surface area (Å²) in [6.07, 6.45) is 8.78. The average Bonchev–Trinajstić information content (AvgIpc) is 2.27. The minimum Gasteiger partial charge on any atom is -0.314 e. The fourth-order valence-electron chi connectivity index (χ4n) is 3.17. The molecule has 0 aromatic carbocycles. The Kier molecular flexibility index (Phi) is 6.41. The van der Waals surface area contributed by atoms with Crippen molar-refractivity contribution in [3.8, 4) is 0 Å². The monoisotopic (exact) mass is 225 g/mol. The van der Waals surface area contributed by atoms with Gasteiger partial charge >= 0.3 is 0 Å². The molecule has 96 valence electrons.